The first-order valence-electron chi connectivity index (χ1n) is 5.46. The van der Waals surface area contributed by atoms with Crippen LogP contribution in [0.25, 0.3) is 0 Å². The summed E-state index contributed by atoms with van der Waals surface area (Å²) in [5.41, 5.74) is 1.07. The van der Waals surface area contributed by atoms with Gasteiger partial charge in [0.1, 0.15) is 0 Å². The fourth-order valence-electron chi connectivity index (χ4n) is 1.28. The normalized spacial score (nSPS) is 10.6. The van der Waals surface area contributed by atoms with Crippen molar-refractivity contribution in [3.63, 3.8) is 0 Å². The van der Waals surface area contributed by atoms with Crippen molar-refractivity contribution in [1.82, 2.24) is 15.2 Å². The first-order chi connectivity index (χ1) is 9.13. The molecular weight excluding hydrogens is 304 g/mol. The van der Waals surface area contributed by atoms with Gasteiger partial charge >= 0.3 is 5.97 Å². The van der Waals surface area contributed by atoms with Crippen LogP contribution < -0.4 is 5.32 Å². The van der Waals surface area contributed by atoms with Gasteiger partial charge in [-0.2, -0.15) is 0 Å². The van der Waals surface area contributed by atoms with Crippen LogP contribution in [0.3, 0.4) is 0 Å². The summed E-state index contributed by atoms with van der Waals surface area (Å²) in [4.78, 5) is 14.8. The van der Waals surface area contributed by atoms with Crippen molar-refractivity contribution in [2.45, 2.75) is 17.7 Å². The largest absolute Gasteiger partial charge is 0.481 e. The van der Waals surface area contributed by atoms with Crippen molar-refractivity contribution < 1.29 is 9.90 Å². The van der Waals surface area contributed by atoms with Crippen LogP contribution in [0.4, 0.5) is 5.13 Å². The average Bonchev–Trinajstić information content (AvgIpc) is 2.96. The minimum atomic E-state index is -0.853. The standard InChI is InChI=1S/C10H12N4O2S3/c1-6-12-7(4-17-6)2-3-11-9-13-14-10(19-9)18-5-8(15)16/h4H,2-3,5H2,1H3,(H,11,13)(H,15,16). The lowest BCUT2D eigenvalue weighted by atomic mass is 10.3. The molecule has 0 radical (unpaired) electrons. The second-order valence-corrected chi connectivity index (χ2v) is 6.85. The predicted octanol–water partition coefficient (Wildman–Crippen LogP) is 2.13. The van der Waals surface area contributed by atoms with Crippen LogP contribution >= 0.6 is 34.4 Å². The Balaban J connectivity index is 1.75. The molecule has 0 saturated heterocycles. The highest BCUT2D eigenvalue weighted by molar-refractivity contribution is 8.01. The van der Waals surface area contributed by atoms with E-state index < -0.39 is 5.97 Å². The maximum atomic E-state index is 10.4. The molecule has 0 bridgehead atoms. The summed E-state index contributed by atoms with van der Waals surface area (Å²) in [7, 11) is 0. The minimum absolute atomic E-state index is 0.00668. The molecule has 2 heterocycles. The first kappa shape index (κ1) is 14.2. The predicted molar refractivity (Wildman–Crippen MR) is 77.3 cm³/mol. The highest BCUT2D eigenvalue weighted by atomic mass is 32.2. The lowest BCUT2D eigenvalue weighted by Crippen LogP contribution is -2.04. The molecule has 102 valence electrons. The van der Waals surface area contributed by atoms with Crippen LogP contribution in [0, 0.1) is 6.92 Å². The Hall–Kier alpha value is -1.19. The monoisotopic (exact) mass is 316 g/mol. The summed E-state index contributed by atoms with van der Waals surface area (Å²) in [6.45, 7) is 2.72. The molecule has 0 aromatic carbocycles. The van der Waals surface area contributed by atoms with Gasteiger partial charge in [-0.1, -0.05) is 23.1 Å². The zero-order valence-corrected chi connectivity index (χ0v) is 12.6. The number of aryl methyl sites for hydroxylation is 1. The zero-order chi connectivity index (χ0) is 13.7. The Morgan fingerprint density at radius 3 is 3.05 bits per heavy atom. The van der Waals surface area contributed by atoms with Gasteiger partial charge in [0.05, 0.1) is 16.5 Å². The lowest BCUT2D eigenvalue weighted by Gasteiger charge is -1.98. The van der Waals surface area contributed by atoms with Gasteiger partial charge in [0, 0.05) is 18.3 Å². The zero-order valence-electron chi connectivity index (χ0n) is 10.1. The van der Waals surface area contributed by atoms with E-state index in [0.717, 1.165) is 23.7 Å². The third kappa shape index (κ3) is 4.77. The molecule has 0 aliphatic rings. The Morgan fingerprint density at radius 1 is 1.53 bits per heavy atom. The SMILES string of the molecule is Cc1nc(CCNc2nnc(SCC(=O)O)s2)cs1. The summed E-state index contributed by atoms with van der Waals surface area (Å²) >= 11 is 4.18. The molecule has 0 saturated carbocycles. The topological polar surface area (TPSA) is 88.0 Å². The first-order valence-corrected chi connectivity index (χ1v) is 8.14. The molecule has 0 aliphatic carbocycles. The number of carboxylic acid groups (broad SMARTS) is 1. The van der Waals surface area contributed by atoms with Gasteiger partial charge in [0.25, 0.3) is 0 Å². The van der Waals surface area contributed by atoms with Crippen LogP contribution in [0.2, 0.25) is 0 Å². The van der Waals surface area contributed by atoms with E-state index in [1.54, 1.807) is 11.3 Å². The smallest absolute Gasteiger partial charge is 0.313 e. The molecule has 0 spiro atoms. The third-order valence-corrected chi connectivity index (χ3v) is 4.87. The Morgan fingerprint density at radius 2 is 2.37 bits per heavy atom. The van der Waals surface area contributed by atoms with E-state index in [1.165, 1.54) is 23.1 Å². The Labute approximate surface area is 122 Å². The fourth-order valence-corrected chi connectivity index (χ4v) is 3.43. The molecule has 9 heteroatoms. The molecule has 0 fully saturated rings. The molecule has 2 rings (SSSR count). The van der Waals surface area contributed by atoms with Crippen molar-refractivity contribution in [1.29, 1.82) is 0 Å². The molecular formula is C10H12N4O2S3. The van der Waals surface area contributed by atoms with E-state index in [1.807, 2.05) is 12.3 Å². The molecule has 0 unspecified atom stereocenters. The average molecular weight is 316 g/mol. The van der Waals surface area contributed by atoms with Crippen LogP contribution in [0.5, 0.6) is 0 Å². The van der Waals surface area contributed by atoms with Gasteiger partial charge in [-0.05, 0) is 6.92 Å². The number of thiazole rings is 1. The number of aromatic nitrogens is 3. The quantitative estimate of drug-likeness (QED) is 0.756. The van der Waals surface area contributed by atoms with Crippen LogP contribution in [0.1, 0.15) is 10.7 Å². The summed E-state index contributed by atoms with van der Waals surface area (Å²) in [5.74, 6) is -0.846. The van der Waals surface area contributed by atoms with Crippen molar-refractivity contribution in [2.75, 3.05) is 17.6 Å². The molecule has 0 atom stereocenters. The van der Waals surface area contributed by atoms with Crippen molar-refractivity contribution in [3.8, 4) is 0 Å². The summed E-state index contributed by atoms with van der Waals surface area (Å²) < 4.78 is 0.661. The molecule has 0 amide bonds. The third-order valence-electron chi connectivity index (χ3n) is 2.05. The molecule has 2 aromatic rings. The number of anilines is 1. The van der Waals surface area contributed by atoms with Gasteiger partial charge in [-0.25, -0.2) is 4.98 Å². The van der Waals surface area contributed by atoms with Gasteiger partial charge in [-0.3, -0.25) is 4.79 Å². The van der Waals surface area contributed by atoms with E-state index in [2.05, 4.69) is 20.5 Å². The van der Waals surface area contributed by atoms with Gasteiger partial charge in [0.15, 0.2) is 4.34 Å². The van der Waals surface area contributed by atoms with Crippen molar-refractivity contribution in [3.05, 3.63) is 16.1 Å². The molecule has 0 aliphatic heterocycles. The number of rotatable bonds is 7. The highest BCUT2D eigenvalue weighted by Crippen LogP contribution is 2.25. The number of nitrogens with zero attached hydrogens (tertiary/aromatic N) is 3. The minimum Gasteiger partial charge on any atom is -0.481 e. The number of carboxylic acids is 1. The maximum Gasteiger partial charge on any atom is 0.313 e. The Kier molecular flexibility index (Phi) is 5.11. The molecule has 2 N–H and O–H groups in total. The molecule has 6 nitrogen and oxygen atoms in total. The number of aliphatic carboxylic acids is 1. The Bertz CT molecular complexity index is 554. The van der Waals surface area contributed by atoms with E-state index >= 15 is 0 Å². The van der Waals surface area contributed by atoms with Gasteiger partial charge < -0.3 is 10.4 Å². The summed E-state index contributed by atoms with van der Waals surface area (Å²) in [5, 5.41) is 23.4. The van der Waals surface area contributed by atoms with Crippen molar-refractivity contribution >= 4 is 45.5 Å². The summed E-state index contributed by atoms with van der Waals surface area (Å²) in [6.07, 6.45) is 0.835. The maximum absolute atomic E-state index is 10.4. The fraction of sp³-hybridized carbons (Fsp3) is 0.400. The van der Waals surface area contributed by atoms with E-state index in [-0.39, 0.29) is 5.75 Å². The van der Waals surface area contributed by atoms with Crippen LogP contribution in [-0.2, 0) is 11.2 Å². The van der Waals surface area contributed by atoms with E-state index in [0.29, 0.717) is 9.47 Å². The van der Waals surface area contributed by atoms with E-state index in [9.17, 15) is 4.79 Å². The van der Waals surface area contributed by atoms with Crippen molar-refractivity contribution in [2.24, 2.45) is 0 Å². The van der Waals surface area contributed by atoms with E-state index in [4.69, 9.17) is 5.11 Å². The van der Waals surface area contributed by atoms with Crippen LogP contribution in [0.15, 0.2) is 9.72 Å². The summed E-state index contributed by atoms with van der Waals surface area (Å²) in [6, 6.07) is 0. The number of nitrogens with one attached hydrogen (secondary N) is 1. The second-order valence-electron chi connectivity index (χ2n) is 3.59. The highest BCUT2D eigenvalue weighted by Gasteiger charge is 2.07. The number of thioether (sulfide) groups is 1. The lowest BCUT2D eigenvalue weighted by molar-refractivity contribution is -0.133. The van der Waals surface area contributed by atoms with Gasteiger partial charge in [0.2, 0.25) is 5.13 Å². The molecule has 19 heavy (non-hydrogen) atoms. The number of hydrogen-bond donors (Lipinski definition) is 2. The molecule has 2 aromatic heterocycles. The van der Waals surface area contributed by atoms with Gasteiger partial charge in [-0.15, -0.1) is 21.5 Å². The van der Waals surface area contributed by atoms with Crippen LogP contribution in [-0.4, -0.2) is 38.6 Å². The second kappa shape index (κ2) is 6.83. The number of carbonyl (C=O) groups is 1. The number of hydrogen-bond acceptors (Lipinski definition) is 8.